The third kappa shape index (κ3) is 2.32. The molecule has 0 saturated heterocycles. The normalized spacial score (nSPS) is 35.3. The van der Waals surface area contributed by atoms with E-state index in [0.717, 1.165) is 12.8 Å². The van der Waals surface area contributed by atoms with Gasteiger partial charge in [0.15, 0.2) is 0 Å². The fourth-order valence-electron chi connectivity index (χ4n) is 3.76. The van der Waals surface area contributed by atoms with E-state index in [0.29, 0.717) is 12.3 Å². The van der Waals surface area contributed by atoms with Crippen LogP contribution in [0.2, 0.25) is 0 Å². The molecule has 0 aromatic heterocycles. The van der Waals surface area contributed by atoms with Crippen LogP contribution in [0.15, 0.2) is 0 Å². The third-order valence-corrected chi connectivity index (χ3v) is 6.06. The molecule has 0 aliphatic heterocycles. The average molecular weight is 311 g/mol. The zero-order valence-electron chi connectivity index (χ0n) is 11.6. The van der Waals surface area contributed by atoms with Crippen LogP contribution in [0.4, 0.5) is 8.78 Å². The van der Waals surface area contributed by atoms with E-state index in [1.807, 2.05) is 6.92 Å². The molecule has 8 heteroatoms. The third-order valence-electron chi connectivity index (χ3n) is 5.53. The van der Waals surface area contributed by atoms with Crippen LogP contribution in [0.5, 0.6) is 0 Å². The summed E-state index contributed by atoms with van der Waals surface area (Å²) >= 11 is -0.529. The second-order valence-corrected chi connectivity index (χ2v) is 7.19. The van der Waals surface area contributed by atoms with Crippen molar-refractivity contribution < 1.29 is 28.2 Å². The maximum atomic E-state index is 13.5. The Morgan fingerprint density at radius 1 is 1.45 bits per heavy atom. The van der Waals surface area contributed by atoms with E-state index in [2.05, 4.69) is 28.5 Å². The van der Waals surface area contributed by atoms with Crippen molar-refractivity contribution in [3.8, 4) is 0 Å². The number of halogens is 2. The van der Waals surface area contributed by atoms with Crippen LogP contribution in [-0.4, -0.2) is 22.5 Å². The molecule has 3 atom stereocenters. The molecule has 2 fully saturated rings. The zero-order valence-corrected chi connectivity index (χ0v) is 12.4. The summed E-state index contributed by atoms with van der Waals surface area (Å²) in [5.74, 6) is -0.981. The van der Waals surface area contributed by atoms with Crippen molar-refractivity contribution in [2.45, 2.75) is 51.3 Å². The molecule has 2 N–H and O–H groups in total. The summed E-state index contributed by atoms with van der Waals surface area (Å²) in [5, 5.41) is 9.60. The molecule has 2 saturated carbocycles. The highest BCUT2D eigenvalue weighted by atomic mass is 32.2. The zero-order chi connectivity index (χ0) is 15.2. The van der Waals surface area contributed by atoms with Gasteiger partial charge in [-0.1, -0.05) is 25.8 Å². The maximum Gasteiger partial charge on any atom is 0.397 e. The maximum absolute atomic E-state index is 13.5. The Labute approximate surface area is 120 Å². The van der Waals surface area contributed by atoms with E-state index < -0.39 is 23.2 Å². The van der Waals surface area contributed by atoms with Crippen molar-refractivity contribution in [2.24, 2.45) is 16.7 Å². The minimum absolute atomic E-state index is 0.0259. The van der Waals surface area contributed by atoms with Gasteiger partial charge >= 0.3 is 11.2 Å². The first-order valence-electron chi connectivity index (χ1n) is 6.50. The van der Waals surface area contributed by atoms with Gasteiger partial charge in [0.2, 0.25) is 0 Å². The summed E-state index contributed by atoms with van der Waals surface area (Å²) in [4.78, 5) is 11.7. The van der Waals surface area contributed by atoms with Crippen molar-refractivity contribution in [1.29, 1.82) is 0 Å². The fourth-order valence-corrected chi connectivity index (χ4v) is 4.01. The number of alkyl halides is 2. The molecule has 2 aliphatic rings. The van der Waals surface area contributed by atoms with E-state index in [4.69, 9.17) is 5.26 Å². The quantitative estimate of drug-likeness (QED) is 0.464. The van der Waals surface area contributed by atoms with Gasteiger partial charge in [-0.05, 0) is 36.0 Å². The molecule has 0 spiro atoms. The molecule has 0 aromatic carbocycles. The topological polar surface area (TPSA) is 67.8 Å². The van der Waals surface area contributed by atoms with Crippen LogP contribution in [0.1, 0.15) is 40.0 Å². The Morgan fingerprint density at radius 3 is 2.55 bits per heavy atom. The second-order valence-electron chi connectivity index (χ2n) is 6.38. The Kier molecular flexibility index (Phi) is 4.05. The van der Waals surface area contributed by atoms with Crippen LogP contribution in [0.25, 0.3) is 0 Å². The van der Waals surface area contributed by atoms with E-state index >= 15 is 0 Å². The number of rotatable bonds is 5. The van der Waals surface area contributed by atoms with Gasteiger partial charge in [0.1, 0.15) is 12.0 Å². The van der Waals surface area contributed by atoms with Gasteiger partial charge < -0.3 is 5.32 Å². The first kappa shape index (κ1) is 15.9. The van der Waals surface area contributed by atoms with Gasteiger partial charge in [0, 0.05) is 6.04 Å². The van der Waals surface area contributed by atoms with Crippen LogP contribution >= 0.6 is 12.0 Å². The molecule has 2 rings (SSSR count). The van der Waals surface area contributed by atoms with Crippen LogP contribution in [0.3, 0.4) is 0 Å². The smallest absolute Gasteiger partial charge is 0.347 e. The lowest BCUT2D eigenvalue weighted by Gasteiger charge is -2.39. The molecule has 0 aromatic rings. The number of hydrogen-bond acceptors (Lipinski definition) is 5. The van der Waals surface area contributed by atoms with Crippen molar-refractivity contribution in [3.63, 3.8) is 0 Å². The molecule has 116 valence electrons. The molecule has 0 radical (unpaired) electrons. The largest absolute Gasteiger partial charge is 0.397 e. The van der Waals surface area contributed by atoms with Gasteiger partial charge in [-0.25, -0.2) is 5.26 Å². The lowest BCUT2D eigenvalue weighted by Crippen LogP contribution is -2.51. The lowest BCUT2D eigenvalue weighted by atomic mass is 9.69. The number of carbonyl (C=O) groups excluding carboxylic acids is 1. The molecule has 5 nitrogen and oxygen atoms in total. The molecule has 1 amide bonds. The summed E-state index contributed by atoms with van der Waals surface area (Å²) in [6.07, 6.45) is 2.71. The summed E-state index contributed by atoms with van der Waals surface area (Å²) in [5.41, 5.74) is -0.152. The van der Waals surface area contributed by atoms with Crippen molar-refractivity contribution in [1.82, 2.24) is 5.32 Å². The van der Waals surface area contributed by atoms with Crippen molar-refractivity contribution >= 4 is 17.9 Å². The Hall–Kier alpha value is -0.440. The average Bonchev–Trinajstić information content (AvgIpc) is 2.69. The predicted molar refractivity (Wildman–Crippen MR) is 68.5 cm³/mol. The number of amides is 1. The van der Waals surface area contributed by atoms with Crippen molar-refractivity contribution in [2.75, 3.05) is 0 Å². The summed E-state index contributed by atoms with van der Waals surface area (Å²) in [6, 6.07) is -0.273. The first-order chi connectivity index (χ1) is 9.15. The lowest BCUT2D eigenvalue weighted by molar-refractivity contribution is -0.433. The van der Waals surface area contributed by atoms with E-state index in [1.54, 1.807) is 0 Å². The van der Waals surface area contributed by atoms with Gasteiger partial charge in [-0.15, -0.1) is 4.33 Å². The van der Waals surface area contributed by atoms with Gasteiger partial charge in [0.25, 0.3) is 0 Å². The van der Waals surface area contributed by atoms with Crippen LogP contribution in [-0.2, 0) is 14.2 Å². The SMILES string of the molecule is CC1(C)C2CCC1(C)C(NC(=O)C(F)(F)SOOO)C2. The Morgan fingerprint density at radius 2 is 2.10 bits per heavy atom. The molecule has 0 heterocycles. The van der Waals surface area contributed by atoms with Gasteiger partial charge in [0.05, 0.1) is 0 Å². The number of hydrogen-bond donors (Lipinski definition) is 2. The molecule has 2 bridgehead atoms. The Bertz CT molecular complexity index is 407. The Balaban J connectivity index is 2.03. The highest BCUT2D eigenvalue weighted by Gasteiger charge is 2.62. The van der Waals surface area contributed by atoms with Gasteiger partial charge in [-0.3, -0.25) is 4.79 Å². The van der Waals surface area contributed by atoms with E-state index in [1.165, 1.54) is 0 Å². The minimum atomic E-state index is -3.81. The first-order valence-corrected chi connectivity index (χ1v) is 7.24. The second kappa shape index (κ2) is 5.08. The molecular weight excluding hydrogens is 292 g/mol. The number of fused-ring (bicyclic) bond motifs is 2. The minimum Gasteiger partial charge on any atom is -0.347 e. The van der Waals surface area contributed by atoms with E-state index in [-0.39, 0.29) is 16.9 Å². The number of carbonyl (C=O) groups is 1. The molecule has 2 aliphatic carbocycles. The van der Waals surface area contributed by atoms with Crippen LogP contribution < -0.4 is 5.32 Å². The molecular formula is C12H19F2NO4S. The predicted octanol–water partition coefficient (Wildman–Crippen LogP) is 2.98. The summed E-state index contributed by atoms with van der Waals surface area (Å²) < 4.78 is 30.6. The van der Waals surface area contributed by atoms with Crippen molar-refractivity contribution in [3.05, 3.63) is 0 Å². The van der Waals surface area contributed by atoms with Crippen LogP contribution in [0, 0.1) is 16.7 Å². The molecule has 3 unspecified atom stereocenters. The fraction of sp³-hybridized carbons (Fsp3) is 0.917. The monoisotopic (exact) mass is 311 g/mol. The number of nitrogens with one attached hydrogen (secondary N) is 1. The summed E-state index contributed by atoms with van der Waals surface area (Å²) in [6.45, 7) is 6.31. The molecule has 20 heavy (non-hydrogen) atoms. The highest BCUT2D eigenvalue weighted by molar-refractivity contribution is 7.96. The summed E-state index contributed by atoms with van der Waals surface area (Å²) in [7, 11) is 0. The van der Waals surface area contributed by atoms with E-state index in [9.17, 15) is 13.6 Å². The van der Waals surface area contributed by atoms with Gasteiger partial charge in [-0.2, -0.15) is 8.78 Å². The standard InChI is InChI=1S/C12H19F2NO4S/c1-10(2)7-4-5-11(10,3)8(6-7)15-9(16)12(13,14)20-19-18-17/h7-8,17H,4-6H2,1-3H3,(H,15,16). The highest BCUT2D eigenvalue weighted by Crippen LogP contribution is 2.65.